The SMILES string of the molecule is CCn1cc2c(Cl)c(C=O)ccc2n1.Cn1cc2c(Cl)c(Br)ccc2n1. The molecular formula is C18H15BrCl2N4O. The minimum absolute atomic E-state index is 0.484. The van der Waals surface area contributed by atoms with Crippen LogP contribution in [-0.4, -0.2) is 25.8 Å². The van der Waals surface area contributed by atoms with Gasteiger partial charge in [-0.15, -0.1) is 0 Å². The summed E-state index contributed by atoms with van der Waals surface area (Å²) in [4.78, 5) is 10.6. The number of halogens is 3. The molecule has 0 aliphatic carbocycles. The molecule has 2 aromatic carbocycles. The van der Waals surface area contributed by atoms with Gasteiger partial charge in [-0.2, -0.15) is 10.2 Å². The monoisotopic (exact) mass is 452 g/mol. The molecule has 26 heavy (non-hydrogen) atoms. The number of benzene rings is 2. The maximum Gasteiger partial charge on any atom is 0.151 e. The van der Waals surface area contributed by atoms with E-state index in [0.29, 0.717) is 10.6 Å². The van der Waals surface area contributed by atoms with E-state index in [1.807, 2.05) is 38.5 Å². The van der Waals surface area contributed by atoms with Gasteiger partial charge >= 0.3 is 0 Å². The average molecular weight is 454 g/mol. The number of carbonyl (C=O) groups excluding carboxylic acids is 1. The van der Waals surface area contributed by atoms with Gasteiger partial charge in [0.25, 0.3) is 0 Å². The molecule has 0 unspecified atom stereocenters. The van der Waals surface area contributed by atoms with Crippen molar-refractivity contribution in [3.05, 3.63) is 56.7 Å². The van der Waals surface area contributed by atoms with Crippen molar-refractivity contribution < 1.29 is 4.79 Å². The summed E-state index contributed by atoms with van der Waals surface area (Å²) in [5.74, 6) is 0. The minimum Gasteiger partial charge on any atom is -0.298 e. The van der Waals surface area contributed by atoms with Crippen LogP contribution < -0.4 is 0 Å². The van der Waals surface area contributed by atoms with Crippen LogP contribution >= 0.6 is 39.1 Å². The number of carbonyl (C=O) groups is 1. The maximum absolute atomic E-state index is 10.6. The van der Waals surface area contributed by atoms with Crippen LogP contribution in [0, 0.1) is 0 Å². The van der Waals surface area contributed by atoms with Crippen LogP contribution in [0.25, 0.3) is 21.8 Å². The summed E-state index contributed by atoms with van der Waals surface area (Å²) < 4.78 is 4.46. The fourth-order valence-corrected chi connectivity index (χ4v) is 3.34. The van der Waals surface area contributed by atoms with E-state index in [2.05, 4.69) is 26.1 Å². The molecule has 0 fully saturated rings. The molecule has 0 aliphatic heterocycles. The molecule has 0 radical (unpaired) electrons. The van der Waals surface area contributed by atoms with Crippen LogP contribution in [0.3, 0.4) is 0 Å². The van der Waals surface area contributed by atoms with Crippen molar-refractivity contribution in [2.75, 3.05) is 0 Å². The summed E-state index contributed by atoms with van der Waals surface area (Å²) in [5.41, 5.74) is 2.25. The molecule has 5 nitrogen and oxygen atoms in total. The topological polar surface area (TPSA) is 52.7 Å². The van der Waals surface area contributed by atoms with Gasteiger partial charge in [0.1, 0.15) is 0 Å². The highest BCUT2D eigenvalue weighted by molar-refractivity contribution is 9.10. The van der Waals surface area contributed by atoms with Crippen molar-refractivity contribution in [1.29, 1.82) is 0 Å². The van der Waals surface area contributed by atoms with Crippen molar-refractivity contribution in [3.63, 3.8) is 0 Å². The molecule has 0 saturated heterocycles. The quantitative estimate of drug-likeness (QED) is 0.376. The van der Waals surface area contributed by atoms with Crippen LogP contribution in [0.5, 0.6) is 0 Å². The number of fused-ring (bicyclic) bond motifs is 2. The summed E-state index contributed by atoms with van der Waals surface area (Å²) in [6.07, 6.45) is 4.51. The molecule has 8 heteroatoms. The van der Waals surface area contributed by atoms with Crippen molar-refractivity contribution in [2.45, 2.75) is 13.5 Å². The minimum atomic E-state index is 0.484. The lowest BCUT2D eigenvalue weighted by Crippen LogP contribution is -1.92. The smallest absolute Gasteiger partial charge is 0.151 e. The van der Waals surface area contributed by atoms with Crippen LogP contribution in [0.15, 0.2) is 41.1 Å². The number of rotatable bonds is 2. The normalized spacial score (nSPS) is 10.8. The number of hydrogen-bond acceptors (Lipinski definition) is 3. The van der Waals surface area contributed by atoms with Gasteiger partial charge in [0.15, 0.2) is 6.29 Å². The van der Waals surface area contributed by atoms with E-state index >= 15 is 0 Å². The molecule has 4 rings (SSSR count). The van der Waals surface area contributed by atoms with Gasteiger partial charge in [0.05, 0.1) is 21.1 Å². The van der Waals surface area contributed by atoms with E-state index in [1.54, 1.807) is 21.5 Å². The van der Waals surface area contributed by atoms with Crippen LogP contribution in [0.1, 0.15) is 17.3 Å². The predicted molar refractivity (Wildman–Crippen MR) is 109 cm³/mol. The Labute approximate surface area is 168 Å². The highest BCUT2D eigenvalue weighted by Crippen LogP contribution is 2.30. The highest BCUT2D eigenvalue weighted by Gasteiger charge is 2.08. The second-order valence-corrected chi connectivity index (χ2v) is 7.21. The van der Waals surface area contributed by atoms with Crippen molar-refractivity contribution in [1.82, 2.24) is 19.6 Å². The van der Waals surface area contributed by atoms with Gasteiger partial charge in [-0.1, -0.05) is 23.2 Å². The molecule has 0 aliphatic rings. The van der Waals surface area contributed by atoms with Crippen molar-refractivity contribution in [3.8, 4) is 0 Å². The second kappa shape index (κ2) is 7.78. The van der Waals surface area contributed by atoms with Crippen molar-refractivity contribution >= 4 is 67.2 Å². The van der Waals surface area contributed by atoms with Gasteiger partial charge < -0.3 is 0 Å². The molecule has 0 spiro atoms. The third-order valence-electron chi connectivity index (χ3n) is 3.84. The average Bonchev–Trinajstić information content (AvgIpc) is 3.23. The van der Waals surface area contributed by atoms with Gasteiger partial charge in [0.2, 0.25) is 0 Å². The fourth-order valence-electron chi connectivity index (χ4n) is 2.53. The molecule has 2 heterocycles. The first kappa shape index (κ1) is 18.9. The highest BCUT2D eigenvalue weighted by atomic mass is 79.9. The maximum atomic E-state index is 10.6. The Morgan fingerprint density at radius 2 is 1.69 bits per heavy atom. The zero-order chi connectivity index (χ0) is 18.8. The molecule has 0 amide bonds. The number of aryl methyl sites for hydroxylation is 2. The summed E-state index contributed by atoms with van der Waals surface area (Å²) in [6, 6.07) is 7.32. The molecule has 0 bridgehead atoms. The first-order valence-corrected chi connectivity index (χ1v) is 9.37. The number of nitrogens with zero attached hydrogens (tertiary/aromatic N) is 4. The van der Waals surface area contributed by atoms with Gasteiger partial charge in [-0.25, -0.2) is 0 Å². The van der Waals surface area contributed by atoms with E-state index in [1.165, 1.54) is 0 Å². The lowest BCUT2D eigenvalue weighted by molar-refractivity contribution is 0.112. The molecule has 4 aromatic rings. The predicted octanol–water partition coefficient (Wildman–Crippen LogP) is 5.51. The zero-order valence-corrected chi connectivity index (χ0v) is 17.2. The lowest BCUT2D eigenvalue weighted by Gasteiger charge is -1.94. The Kier molecular flexibility index (Phi) is 5.65. The van der Waals surface area contributed by atoms with Crippen LogP contribution in [-0.2, 0) is 13.6 Å². The summed E-state index contributed by atoms with van der Waals surface area (Å²) in [6.45, 7) is 2.79. The molecular weight excluding hydrogens is 439 g/mol. The summed E-state index contributed by atoms with van der Waals surface area (Å²) in [7, 11) is 1.88. The number of aldehydes is 1. The first-order valence-electron chi connectivity index (χ1n) is 7.82. The lowest BCUT2D eigenvalue weighted by atomic mass is 10.2. The standard InChI is InChI=1S/C10H9ClN2O.C8H6BrClN2/c1-2-13-5-8-9(12-13)4-3-7(6-14)10(8)11;1-12-4-5-7(11-12)3-2-6(9)8(5)10/h3-6H,2H2,1H3;2-4H,1H3. The van der Waals surface area contributed by atoms with E-state index in [4.69, 9.17) is 23.2 Å². The van der Waals surface area contributed by atoms with Gasteiger partial charge in [-0.3, -0.25) is 14.2 Å². The zero-order valence-electron chi connectivity index (χ0n) is 14.1. The Morgan fingerprint density at radius 3 is 2.38 bits per heavy atom. The third-order valence-corrected chi connectivity index (χ3v) is 5.56. The van der Waals surface area contributed by atoms with E-state index < -0.39 is 0 Å². The number of hydrogen-bond donors (Lipinski definition) is 0. The van der Waals surface area contributed by atoms with E-state index in [-0.39, 0.29) is 0 Å². The summed E-state index contributed by atoms with van der Waals surface area (Å²) >= 11 is 15.4. The second-order valence-electron chi connectivity index (χ2n) is 5.60. The van der Waals surface area contributed by atoms with Crippen LogP contribution in [0.4, 0.5) is 0 Å². The molecule has 0 N–H and O–H groups in total. The van der Waals surface area contributed by atoms with Crippen molar-refractivity contribution in [2.24, 2.45) is 7.05 Å². The largest absolute Gasteiger partial charge is 0.298 e. The molecule has 2 aromatic heterocycles. The van der Waals surface area contributed by atoms with Gasteiger partial charge in [-0.05, 0) is 47.1 Å². The summed E-state index contributed by atoms with van der Waals surface area (Å²) in [5, 5.41) is 11.5. The molecule has 0 atom stereocenters. The Balaban J connectivity index is 0.000000152. The number of aromatic nitrogens is 4. The van der Waals surface area contributed by atoms with Gasteiger partial charge in [0, 0.05) is 46.8 Å². The first-order chi connectivity index (χ1) is 12.4. The Morgan fingerprint density at radius 1 is 1.04 bits per heavy atom. The Bertz CT molecular complexity index is 1100. The third kappa shape index (κ3) is 3.63. The Hall–Kier alpha value is -1.89. The van der Waals surface area contributed by atoms with Crippen LogP contribution in [0.2, 0.25) is 10.0 Å². The fraction of sp³-hybridized carbons (Fsp3) is 0.167. The van der Waals surface area contributed by atoms with E-state index in [9.17, 15) is 4.79 Å². The van der Waals surface area contributed by atoms with E-state index in [0.717, 1.165) is 44.1 Å². The molecule has 134 valence electrons. The molecule has 0 saturated carbocycles.